The molecule has 0 saturated heterocycles. The molecule has 5 rings (SSSR count). The number of carbonyl (C=O) groups is 2. The first-order valence-corrected chi connectivity index (χ1v) is 12.0. The number of para-hydroxylation sites is 3. The number of rotatable bonds is 8. The second-order valence-corrected chi connectivity index (χ2v) is 8.62. The quantitative estimate of drug-likeness (QED) is 0.201. The van der Waals surface area contributed by atoms with Gasteiger partial charge in [-0.3, -0.25) is 15.0 Å². The Kier molecular flexibility index (Phi) is 7.05. The van der Waals surface area contributed by atoms with E-state index in [-0.39, 0.29) is 11.9 Å². The van der Waals surface area contributed by atoms with Crippen LogP contribution >= 0.6 is 0 Å². The summed E-state index contributed by atoms with van der Waals surface area (Å²) in [6.45, 7) is 0.584. The van der Waals surface area contributed by atoms with Crippen molar-refractivity contribution in [2.24, 2.45) is 5.92 Å². The Morgan fingerprint density at radius 2 is 1.31 bits per heavy atom. The molecule has 36 heavy (non-hydrogen) atoms. The van der Waals surface area contributed by atoms with Crippen LogP contribution in [0.3, 0.4) is 0 Å². The molecule has 0 spiro atoms. The van der Waals surface area contributed by atoms with Gasteiger partial charge in [-0.2, -0.15) is 0 Å². The van der Waals surface area contributed by atoms with Crippen molar-refractivity contribution in [1.29, 1.82) is 0 Å². The SMILES string of the molecule is O=C(NN[C@@H]1c2ccccc2OC(=O)[C@H]1CCN(c1ccccc1)c1ccccc1)c1ccccc1. The number of hydrazine groups is 1. The van der Waals surface area contributed by atoms with Gasteiger partial charge in [-0.15, -0.1) is 0 Å². The molecular formula is C30H27N3O3. The summed E-state index contributed by atoms with van der Waals surface area (Å²) in [6.07, 6.45) is 0.510. The second-order valence-electron chi connectivity index (χ2n) is 8.62. The lowest BCUT2D eigenvalue weighted by atomic mass is 9.88. The molecule has 2 N–H and O–H groups in total. The van der Waals surface area contributed by atoms with Crippen molar-refractivity contribution in [3.05, 3.63) is 126 Å². The summed E-state index contributed by atoms with van der Waals surface area (Å²) in [6, 6.07) is 36.1. The first kappa shape index (κ1) is 23.3. The number of nitrogens with zero attached hydrogens (tertiary/aromatic N) is 1. The zero-order valence-corrected chi connectivity index (χ0v) is 19.7. The van der Waals surface area contributed by atoms with E-state index in [0.717, 1.165) is 16.9 Å². The highest BCUT2D eigenvalue weighted by atomic mass is 16.5. The topological polar surface area (TPSA) is 70.7 Å². The van der Waals surface area contributed by atoms with Crippen LogP contribution in [0.5, 0.6) is 5.75 Å². The zero-order chi connectivity index (χ0) is 24.7. The smallest absolute Gasteiger partial charge is 0.316 e. The van der Waals surface area contributed by atoms with Crippen LogP contribution in [-0.4, -0.2) is 18.4 Å². The highest BCUT2D eigenvalue weighted by Gasteiger charge is 2.38. The molecule has 0 saturated carbocycles. The molecular weight excluding hydrogens is 450 g/mol. The third kappa shape index (κ3) is 5.14. The average Bonchev–Trinajstić information content (AvgIpc) is 2.94. The van der Waals surface area contributed by atoms with E-state index >= 15 is 0 Å². The van der Waals surface area contributed by atoms with Gasteiger partial charge < -0.3 is 9.64 Å². The molecule has 2 atom stereocenters. The number of anilines is 2. The molecule has 0 bridgehead atoms. The van der Waals surface area contributed by atoms with E-state index in [1.807, 2.05) is 72.8 Å². The standard InChI is InChI=1S/C30H27N3O3/c34-29(22-12-4-1-5-13-22)32-31-28-25-18-10-11-19-27(25)36-30(35)26(28)20-21-33(23-14-6-2-7-15-23)24-16-8-3-9-17-24/h1-19,26,28,31H,20-21H2,(H,32,34)/t26-,28+/m0/s1. The number of carbonyl (C=O) groups excluding carboxylic acids is 2. The summed E-state index contributed by atoms with van der Waals surface area (Å²) in [5.74, 6) is -0.582. The third-order valence-corrected chi connectivity index (χ3v) is 6.35. The molecule has 6 nitrogen and oxygen atoms in total. The van der Waals surface area contributed by atoms with Gasteiger partial charge in [-0.05, 0) is 48.9 Å². The van der Waals surface area contributed by atoms with Gasteiger partial charge in [-0.25, -0.2) is 5.43 Å². The fourth-order valence-corrected chi connectivity index (χ4v) is 4.53. The van der Waals surface area contributed by atoms with Crippen molar-refractivity contribution >= 4 is 23.3 Å². The molecule has 4 aromatic carbocycles. The summed E-state index contributed by atoms with van der Waals surface area (Å²) in [7, 11) is 0. The molecule has 0 fully saturated rings. The maximum absolute atomic E-state index is 13.2. The predicted octanol–water partition coefficient (Wildman–Crippen LogP) is 5.43. The van der Waals surface area contributed by atoms with Crippen molar-refractivity contribution in [3.8, 4) is 5.75 Å². The van der Waals surface area contributed by atoms with Crippen molar-refractivity contribution < 1.29 is 14.3 Å². The number of benzene rings is 4. The van der Waals surface area contributed by atoms with E-state index in [9.17, 15) is 9.59 Å². The van der Waals surface area contributed by atoms with Crippen LogP contribution < -0.4 is 20.5 Å². The maximum Gasteiger partial charge on any atom is 0.316 e. The first-order chi connectivity index (χ1) is 17.7. The Morgan fingerprint density at radius 1 is 0.750 bits per heavy atom. The number of hydrogen-bond donors (Lipinski definition) is 2. The van der Waals surface area contributed by atoms with E-state index in [0.29, 0.717) is 24.3 Å². The average molecular weight is 478 g/mol. The summed E-state index contributed by atoms with van der Waals surface area (Å²) >= 11 is 0. The number of amides is 1. The maximum atomic E-state index is 13.2. The summed E-state index contributed by atoms with van der Waals surface area (Å²) < 4.78 is 5.70. The van der Waals surface area contributed by atoms with Crippen LogP contribution in [0.1, 0.15) is 28.4 Å². The fourth-order valence-electron chi connectivity index (χ4n) is 4.53. The van der Waals surface area contributed by atoms with Gasteiger partial charge in [0, 0.05) is 29.0 Å². The third-order valence-electron chi connectivity index (χ3n) is 6.35. The summed E-state index contributed by atoms with van der Waals surface area (Å²) in [5.41, 5.74) is 9.39. The predicted molar refractivity (Wildman–Crippen MR) is 140 cm³/mol. The minimum atomic E-state index is -0.508. The molecule has 180 valence electrons. The zero-order valence-electron chi connectivity index (χ0n) is 19.7. The van der Waals surface area contributed by atoms with Crippen LogP contribution in [0.25, 0.3) is 0 Å². The van der Waals surface area contributed by atoms with E-state index in [4.69, 9.17) is 4.74 Å². The van der Waals surface area contributed by atoms with Crippen molar-refractivity contribution in [3.63, 3.8) is 0 Å². The second kappa shape index (κ2) is 10.9. The molecule has 0 unspecified atom stereocenters. The number of fused-ring (bicyclic) bond motifs is 1. The Balaban J connectivity index is 1.39. The van der Waals surface area contributed by atoms with Crippen molar-refractivity contribution in [2.75, 3.05) is 11.4 Å². The largest absolute Gasteiger partial charge is 0.426 e. The van der Waals surface area contributed by atoms with Gasteiger partial charge in [0.15, 0.2) is 0 Å². The van der Waals surface area contributed by atoms with E-state index in [1.165, 1.54) is 0 Å². The molecule has 1 aliphatic heterocycles. The Bertz CT molecular complexity index is 1270. The Morgan fingerprint density at radius 3 is 1.94 bits per heavy atom. The minimum Gasteiger partial charge on any atom is -0.426 e. The van der Waals surface area contributed by atoms with Crippen LogP contribution in [0.15, 0.2) is 115 Å². The lowest BCUT2D eigenvalue weighted by Crippen LogP contribution is -2.47. The molecule has 0 aromatic heterocycles. The molecule has 1 heterocycles. The van der Waals surface area contributed by atoms with Gasteiger partial charge in [0.25, 0.3) is 5.91 Å². The van der Waals surface area contributed by atoms with Crippen LogP contribution in [0.2, 0.25) is 0 Å². The van der Waals surface area contributed by atoms with E-state index in [1.54, 1.807) is 18.2 Å². The van der Waals surface area contributed by atoms with E-state index in [2.05, 4.69) is 40.0 Å². The Hall–Kier alpha value is -4.42. The van der Waals surface area contributed by atoms with Gasteiger partial charge in [-0.1, -0.05) is 72.8 Å². The number of ether oxygens (including phenoxy) is 1. The monoisotopic (exact) mass is 477 g/mol. The fraction of sp³-hybridized carbons (Fsp3) is 0.133. The van der Waals surface area contributed by atoms with E-state index < -0.39 is 12.0 Å². The molecule has 6 heteroatoms. The molecule has 0 aliphatic carbocycles. The highest BCUT2D eigenvalue weighted by molar-refractivity contribution is 5.93. The minimum absolute atomic E-state index is 0.263. The van der Waals surface area contributed by atoms with Crippen LogP contribution in [-0.2, 0) is 4.79 Å². The Labute approximate surface area is 210 Å². The van der Waals surface area contributed by atoms with Gasteiger partial charge in [0.2, 0.25) is 0 Å². The number of nitrogens with one attached hydrogen (secondary N) is 2. The number of hydrogen-bond acceptors (Lipinski definition) is 5. The normalized spacial score (nSPS) is 16.5. The lowest BCUT2D eigenvalue weighted by Gasteiger charge is -2.34. The van der Waals surface area contributed by atoms with Crippen LogP contribution in [0, 0.1) is 5.92 Å². The molecule has 1 amide bonds. The first-order valence-electron chi connectivity index (χ1n) is 12.0. The van der Waals surface area contributed by atoms with Gasteiger partial charge in [0.1, 0.15) is 5.75 Å². The van der Waals surface area contributed by atoms with Gasteiger partial charge in [0.05, 0.1) is 12.0 Å². The highest BCUT2D eigenvalue weighted by Crippen LogP contribution is 2.38. The molecule has 1 aliphatic rings. The number of esters is 1. The van der Waals surface area contributed by atoms with Gasteiger partial charge >= 0.3 is 5.97 Å². The lowest BCUT2D eigenvalue weighted by molar-refractivity contribution is -0.142. The molecule has 0 radical (unpaired) electrons. The summed E-state index contributed by atoms with van der Waals surface area (Å²) in [4.78, 5) is 28.1. The molecule has 4 aromatic rings. The summed E-state index contributed by atoms with van der Waals surface area (Å²) in [5, 5.41) is 0. The van der Waals surface area contributed by atoms with Crippen molar-refractivity contribution in [1.82, 2.24) is 10.9 Å². The van der Waals surface area contributed by atoms with Crippen molar-refractivity contribution in [2.45, 2.75) is 12.5 Å². The van der Waals surface area contributed by atoms with Crippen LogP contribution in [0.4, 0.5) is 11.4 Å².